The van der Waals surface area contributed by atoms with Gasteiger partial charge < -0.3 is 29.9 Å². The number of aromatic hydroxyl groups is 1. The van der Waals surface area contributed by atoms with Gasteiger partial charge in [-0.2, -0.15) is 0 Å². The molecule has 0 unspecified atom stereocenters. The fourth-order valence-corrected chi connectivity index (χ4v) is 2.85. The van der Waals surface area contributed by atoms with Crippen molar-refractivity contribution in [2.75, 3.05) is 7.11 Å². The number of hydrogen-bond donors (Lipinski definition) is 4. The molecule has 0 amide bonds. The Hall–Kier alpha value is -3.26. The maximum atomic E-state index is 11.5. The molecule has 0 radical (unpaired) electrons. The van der Waals surface area contributed by atoms with Crippen LogP contribution in [0.1, 0.15) is 28.8 Å². The van der Waals surface area contributed by atoms with Crippen molar-refractivity contribution in [3.63, 3.8) is 0 Å². The molecule has 1 saturated carbocycles. The van der Waals surface area contributed by atoms with Crippen molar-refractivity contribution in [1.82, 2.24) is 0 Å². The Labute approximate surface area is 154 Å². The van der Waals surface area contributed by atoms with Crippen LogP contribution in [-0.4, -0.2) is 45.1 Å². The minimum Gasteiger partial charge on any atom is -0.504 e. The van der Waals surface area contributed by atoms with Crippen molar-refractivity contribution in [2.24, 2.45) is 0 Å². The molecule has 2 aromatic rings. The topological polar surface area (TPSA) is 134 Å². The van der Waals surface area contributed by atoms with E-state index in [4.69, 9.17) is 9.47 Å². The Balaban J connectivity index is 2.16. The highest BCUT2D eigenvalue weighted by Crippen LogP contribution is 2.50. The van der Waals surface area contributed by atoms with Crippen LogP contribution in [0.3, 0.4) is 0 Å². The van der Waals surface area contributed by atoms with Crippen LogP contribution in [0.2, 0.25) is 0 Å². The first kappa shape index (κ1) is 18.5. The number of ether oxygens (including phenoxy) is 2. The number of phenolic OH excluding ortho intramolecular Hbond substituents is 1. The molecule has 0 aromatic heterocycles. The number of phenols is 1. The molecule has 0 atom stereocenters. The van der Waals surface area contributed by atoms with Crippen LogP contribution in [0, 0.1) is 0 Å². The minimum atomic E-state index is -1.38. The average Bonchev–Trinajstić information content (AvgIpc) is 3.42. The van der Waals surface area contributed by atoms with Crippen LogP contribution in [-0.2, 0) is 11.4 Å². The molecule has 142 valence electrons. The molecule has 1 aliphatic rings. The third-order valence-corrected chi connectivity index (χ3v) is 4.50. The van der Waals surface area contributed by atoms with E-state index in [-0.39, 0.29) is 28.4 Å². The highest BCUT2D eigenvalue weighted by atomic mass is 16.6. The lowest BCUT2D eigenvalue weighted by Gasteiger charge is -2.20. The monoisotopic (exact) mass is 374 g/mol. The van der Waals surface area contributed by atoms with Gasteiger partial charge in [-0.05, 0) is 35.4 Å². The first-order valence-corrected chi connectivity index (χ1v) is 8.13. The number of benzene rings is 2. The molecular weight excluding hydrogens is 356 g/mol. The fourth-order valence-electron chi connectivity index (χ4n) is 2.85. The Morgan fingerprint density at radius 1 is 1.11 bits per heavy atom. The van der Waals surface area contributed by atoms with Gasteiger partial charge in [-0.15, -0.1) is 0 Å². The van der Waals surface area contributed by atoms with E-state index in [0.717, 1.165) is 0 Å². The third kappa shape index (κ3) is 3.26. The molecular formula is C19H18O8. The van der Waals surface area contributed by atoms with Gasteiger partial charge in [0, 0.05) is 18.4 Å². The fraction of sp³-hybridized carbons (Fsp3) is 0.263. The normalized spacial score (nSPS) is 14.4. The standard InChI is InChI=1S/C19H18O8/c1-26-16-14(21)5-4-12(15(16)27-19(6-7-19)18(24)25)10-2-3-13(17(22)23)11(8-10)9-20/h2-5,8,20-21H,6-7,9H2,1H3,(H,22,23)(H,24,25). The molecule has 1 fully saturated rings. The quantitative estimate of drug-likeness (QED) is 0.580. The molecule has 0 spiro atoms. The summed E-state index contributed by atoms with van der Waals surface area (Å²) in [6.45, 7) is -0.486. The lowest BCUT2D eigenvalue weighted by molar-refractivity contribution is -0.147. The van der Waals surface area contributed by atoms with E-state index in [9.17, 15) is 30.0 Å². The largest absolute Gasteiger partial charge is 0.504 e. The van der Waals surface area contributed by atoms with E-state index in [1.807, 2.05) is 0 Å². The van der Waals surface area contributed by atoms with Crippen molar-refractivity contribution in [1.29, 1.82) is 0 Å². The van der Waals surface area contributed by atoms with Crippen LogP contribution in [0.15, 0.2) is 30.3 Å². The second-order valence-corrected chi connectivity index (χ2v) is 6.23. The Morgan fingerprint density at radius 2 is 1.81 bits per heavy atom. The number of rotatable bonds is 7. The first-order chi connectivity index (χ1) is 12.8. The Morgan fingerprint density at radius 3 is 2.33 bits per heavy atom. The predicted octanol–water partition coefficient (Wildman–Crippen LogP) is 2.25. The molecule has 0 bridgehead atoms. The zero-order valence-corrected chi connectivity index (χ0v) is 14.4. The summed E-state index contributed by atoms with van der Waals surface area (Å²) in [6, 6.07) is 7.22. The number of hydrogen-bond acceptors (Lipinski definition) is 6. The highest BCUT2D eigenvalue weighted by Gasteiger charge is 2.54. The molecule has 8 nitrogen and oxygen atoms in total. The van der Waals surface area contributed by atoms with Crippen molar-refractivity contribution >= 4 is 11.9 Å². The maximum absolute atomic E-state index is 11.5. The average molecular weight is 374 g/mol. The van der Waals surface area contributed by atoms with Crippen LogP contribution in [0.5, 0.6) is 17.2 Å². The molecule has 0 heterocycles. The van der Waals surface area contributed by atoms with E-state index in [0.29, 0.717) is 24.0 Å². The van der Waals surface area contributed by atoms with E-state index in [1.165, 1.54) is 37.4 Å². The summed E-state index contributed by atoms with van der Waals surface area (Å²) < 4.78 is 10.9. The molecule has 0 aliphatic heterocycles. The number of carboxylic acids is 2. The maximum Gasteiger partial charge on any atom is 0.348 e. The van der Waals surface area contributed by atoms with Gasteiger partial charge in [0.05, 0.1) is 19.3 Å². The lowest BCUT2D eigenvalue weighted by Crippen LogP contribution is -2.29. The number of carbonyl (C=O) groups is 2. The van der Waals surface area contributed by atoms with Gasteiger partial charge in [0.1, 0.15) is 0 Å². The number of aliphatic hydroxyl groups excluding tert-OH is 1. The number of carboxylic acid groups (broad SMARTS) is 2. The summed E-state index contributed by atoms with van der Waals surface area (Å²) in [6.07, 6.45) is 0.640. The third-order valence-electron chi connectivity index (χ3n) is 4.50. The molecule has 8 heteroatoms. The Kier molecular flexibility index (Phi) is 4.67. The molecule has 0 saturated heterocycles. The van der Waals surface area contributed by atoms with Gasteiger partial charge in [0.2, 0.25) is 11.4 Å². The summed E-state index contributed by atoms with van der Waals surface area (Å²) in [5.74, 6) is -2.48. The van der Waals surface area contributed by atoms with Gasteiger partial charge in [0.15, 0.2) is 11.5 Å². The number of methoxy groups -OCH3 is 1. The summed E-state index contributed by atoms with van der Waals surface area (Å²) in [7, 11) is 1.32. The Bertz CT molecular complexity index is 914. The van der Waals surface area contributed by atoms with E-state index in [2.05, 4.69) is 0 Å². The highest BCUT2D eigenvalue weighted by molar-refractivity contribution is 5.91. The van der Waals surface area contributed by atoms with Crippen molar-refractivity contribution < 1.29 is 39.5 Å². The first-order valence-electron chi connectivity index (χ1n) is 8.13. The van der Waals surface area contributed by atoms with Crippen molar-refractivity contribution in [2.45, 2.75) is 25.0 Å². The number of aromatic carboxylic acids is 1. The lowest BCUT2D eigenvalue weighted by atomic mass is 9.98. The van der Waals surface area contributed by atoms with Crippen molar-refractivity contribution in [3.05, 3.63) is 41.5 Å². The zero-order valence-electron chi connectivity index (χ0n) is 14.4. The van der Waals surface area contributed by atoms with Gasteiger partial charge >= 0.3 is 11.9 Å². The molecule has 27 heavy (non-hydrogen) atoms. The van der Waals surface area contributed by atoms with Gasteiger partial charge in [-0.3, -0.25) is 0 Å². The van der Waals surface area contributed by atoms with Gasteiger partial charge in [0.25, 0.3) is 0 Å². The molecule has 1 aliphatic carbocycles. The zero-order chi connectivity index (χ0) is 19.8. The summed E-state index contributed by atoms with van der Waals surface area (Å²) in [4.78, 5) is 22.8. The molecule has 2 aromatic carbocycles. The summed E-state index contributed by atoms with van der Waals surface area (Å²) in [5, 5.41) is 38.2. The van der Waals surface area contributed by atoms with Crippen LogP contribution >= 0.6 is 0 Å². The summed E-state index contributed by atoms with van der Waals surface area (Å²) in [5.41, 5.74) is -0.338. The van der Waals surface area contributed by atoms with Crippen LogP contribution in [0.4, 0.5) is 0 Å². The number of aliphatic hydroxyl groups is 1. The van der Waals surface area contributed by atoms with E-state index >= 15 is 0 Å². The SMILES string of the molecule is COc1c(O)ccc(-c2ccc(C(=O)O)c(CO)c2)c1OC1(C(=O)O)CC1. The van der Waals surface area contributed by atoms with Crippen molar-refractivity contribution in [3.8, 4) is 28.4 Å². The van der Waals surface area contributed by atoms with Gasteiger partial charge in [-0.1, -0.05) is 6.07 Å². The minimum absolute atomic E-state index is 0.0205. The van der Waals surface area contributed by atoms with E-state index in [1.54, 1.807) is 0 Å². The summed E-state index contributed by atoms with van der Waals surface area (Å²) >= 11 is 0. The van der Waals surface area contributed by atoms with Crippen LogP contribution < -0.4 is 9.47 Å². The number of aliphatic carboxylic acids is 1. The van der Waals surface area contributed by atoms with Gasteiger partial charge in [-0.25, -0.2) is 9.59 Å². The van der Waals surface area contributed by atoms with E-state index < -0.39 is 24.1 Å². The predicted molar refractivity (Wildman–Crippen MR) is 93.2 cm³/mol. The smallest absolute Gasteiger partial charge is 0.348 e. The second-order valence-electron chi connectivity index (χ2n) is 6.23. The second kappa shape index (κ2) is 6.81. The molecule has 3 rings (SSSR count). The van der Waals surface area contributed by atoms with Crippen LogP contribution in [0.25, 0.3) is 11.1 Å². The molecule has 4 N–H and O–H groups in total.